The molecule has 0 saturated heterocycles. The summed E-state index contributed by atoms with van der Waals surface area (Å²) < 4.78 is 5.86. The van der Waals surface area contributed by atoms with Crippen molar-refractivity contribution in [1.82, 2.24) is 4.90 Å². The summed E-state index contributed by atoms with van der Waals surface area (Å²) in [4.78, 5) is 14.9. The van der Waals surface area contributed by atoms with E-state index in [0.29, 0.717) is 39.0 Å². The van der Waals surface area contributed by atoms with Crippen LogP contribution in [-0.2, 0) is 6.54 Å². The lowest BCUT2D eigenvalue weighted by Gasteiger charge is -2.18. The van der Waals surface area contributed by atoms with Gasteiger partial charge in [-0.1, -0.05) is 42.6 Å². The third-order valence-electron chi connectivity index (χ3n) is 4.51. The number of nitrogens with zero attached hydrogens (tertiary/aromatic N) is 1. The Kier molecular flexibility index (Phi) is 6.10. The molecule has 142 valence electrons. The topological polar surface area (TPSA) is 49.8 Å². The molecule has 0 saturated carbocycles. The molecule has 0 aromatic heterocycles. The van der Waals surface area contributed by atoms with Crippen molar-refractivity contribution in [2.75, 3.05) is 13.6 Å². The third-order valence-corrected chi connectivity index (χ3v) is 5.17. The summed E-state index contributed by atoms with van der Waals surface area (Å²) in [5.41, 5.74) is 1.57. The van der Waals surface area contributed by atoms with E-state index in [9.17, 15) is 9.90 Å². The average Bonchev–Trinajstić information content (AvgIpc) is 2.95. The lowest BCUT2D eigenvalue weighted by atomic mass is 10.0. The smallest absolute Gasteiger partial charge is 0.231 e. The highest BCUT2D eigenvalue weighted by atomic mass is 35.5. The van der Waals surface area contributed by atoms with E-state index in [4.69, 9.17) is 27.9 Å². The molecule has 0 radical (unpaired) electrons. The van der Waals surface area contributed by atoms with E-state index in [1.165, 1.54) is 6.07 Å². The molecule has 1 aliphatic rings. The van der Waals surface area contributed by atoms with Crippen molar-refractivity contribution in [2.24, 2.45) is 0 Å². The van der Waals surface area contributed by atoms with Gasteiger partial charge in [0.1, 0.15) is 11.5 Å². The number of benzene rings is 2. The minimum atomic E-state index is -0.251. The molecule has 0 fully saturated rings. The molecular formula is C21H21Cl2NO3. The fourth-order valence-corrected chi connectivity index (χ4v) is 3.51. The summed E-state index contributed by atoms with van der Waals surface area (Å²) in [6.07, 6.45) is 3.69. The molecule has 0 amide bonds. The van der Waals surface area contributed by atoms with Gasteiger partial charge in [-0.3, -0.25) is 4.79 Å². The van der Waals surface area contributed by atoms with Crippen LogP contribution in [-0.4, -0.2) is 29.4 Å². The molecule has 6 heteroatoms. The van der Waals surface area contributed by atoms with Crippen molar-refractivity contribution < 1.29 is 14.6 Å². The number of carbonyl (C=O) groups is 1. The Labute approximate surface area is 169 Å². The molecule has 0 bridgehead atoms. The summed E-state index contributed by atoms with van der Waals surface area (Å²) >= 11 is 12.4. The van der Waals surface area contributed by atoms with Gasteiger partial charge in [0.05, 0.1) is 11.1 Å². The molecule has 2 aromatic carbocycles. The number of carbonyl (C=O) groups excluding carboxylic acids is 1. The Morgan fingerprint density at radius 3 is 2.56 bits per heavy atom. The first-order valence-electron chi connectivity index (χ1n) is 8.84. The molecule has 2 aromatic rings. The monoisotopic (exact) mass is 405 g/mol. The maximum absolute atomic E-state index is 12.8. The molecule has 27 heavy (non-hydrogen) atoms. The maximum Gasteiger partial charge on any atom is 0.231 e. The van der Waals surface area contributed by atoms with Gasteiger partial charge in [0.2, 0.25) is 5.78 Å². The van der Waals surface area contributed by atoms with Gasteiger partial charge in [-0.25, -0.2) is 0 Å². The number of rotatable bonds is 6. The van der Waals surface area contributed by atoms with Crippen molar-refractivity contribution in [3.05, 3.63) is 62.8 Å². The Morgan fingerprint density at radius 2 is 1.89 bits per heavy atom. The minimum absolute atomic E-state index is 0.113. The van der Waals surface area contributed by atoms with Gasteiger partial charge in [0, 0.05) is 22.2 Å². The van der Waals surface area contributed by atoms with E-state index in [1.54, 1.807) is 30.3 Å². The second-order valence-corrected chi connectivity index (χ2v) is 7.42. The molecule has 0 unspecified atom stereocenters. The summed E-state index contributed by atoms with van der Waals surface area (Å²) in [7, 11) is 1.98. The zero-order valence-corrected chi connectivity index (χ0v) is 16.8. The van der Waals surface area contributed by atoms with Crippen LogP contribution < -0.4 is 4.74 Å². The highest BCUT2D eigenvalue weighted by Crippen LogP contribution is 2.40. The van der Waals surface area contributed by atoms with Gasteiger partial charge in [-0.05, 0) is 50.4 Å². The highest BCUT2D eigenvalue weighted by Gasteiger charge is 2.31. The van der Waals surface area contributed by atoms with Crippen LogP contribution >= 0.6 is 23.2 Å². The predicted octanol–water partition coefficient (Wildman–Crippen LogP) is 5.55. The molecule has 4 nitrogen and oxygen atoms in total. The number of aromatic hydroxyl groups is 1. The minimum Gasteiger partial charge on any atom is -0.507 e. The van der Waals surface area contributed by atoms with Gasteiger partial charge in [-0.15, -0.1) is 0 Å². The van der Waals surface area contributed by atoms with Crippen molar-refractivity contribution >= 4 is 35.1 Å². The number of phenolic OH excluding ortho intramolecular Hbond substituents is 1. The maximum atomic E-state index is 12.8. The third kappa shape index (κ3) is 4.13. The number of halogens is 2. The van der Waals surface area contributed by atoms with Crippen LogP contribution in [0.5, 0.6) is 11.5 Å². The Bertz CT molecular complexity index is 888. The van der Waals surface area contributed by atoms with Crippen molar-refractivity contribution in [1.29, 1.82) is 0 Å². The number of ketones is 1. The van der Waals surface area contributed by atoms with Gasteiger partial charge in [-0.2, -0.15) is 0 Å². The fourth-order valence-electron chi connectivity index (χ4n) is 3.01. The number of unbranched alkanes of at least 4 members (excludes halogenated alkanes) is 1. The number of hydrogen-bond acceptors (Lipinski definition) is 4. The van der Waals surface area contributed by atoms with Crippen molar-refractivity contribution in [2.45, 2.75) is 26.3 Å². The second-order valence-electron chi connectivity index (χ2n) is 6.61. The Balaban J connectivity index is 1.95. The second kappa shape index (κ2) is 8.34. The quantitative estimate of drug-likeness (QED) is 0.640. The molecule has 1 N–H and O–H groups in total. The summed E-state index contributed by atoms with van der Waals surface area (Å²) in [5.74, 6) is 0.404. The molecule has 0 aliphatic carbocycles. The summed E-state index contributed by atoms with van der Waals surface area (Å²) in [6.45, 7) is 3.51. The SMILES string of the molecule is CCCCN(C)Cc1c(O)ccc2c1O/C(=C\c1c(Cl)cccc1Cl)C2=O. The number of ether oxygens (including phenoxy) is 1. The predicted molar refractivity (Wildman–Crippen MR) is 109 cm³/mol. The number of allylic oxidation sites excluding steroid dienone is 1. The lowest BCUT2D eigenvalue weighted by molar-refractivity contribution is 0.101. The van der Waals surface area contributed by atoms with E-state index >= 15 is 0 Å². The normalized spacial score (nSPS) is 14.7. The van der Waals surface area contributed by atoms with E-state index in [-0.39, 0.29) is 17.3 Å². The highest BCUT2D eigenvalue weighted by molar-refractivity contribution is 6.37. The number of hydrogen-bond donors (Lipinski definition) is 1. The van der Waals surface area contributed by atoms with Gasteiger partial charge in [0.15, 0.2) is 5.76 Å². The molecule has 0 spiro atoms. The summed E-state index contributed by atoms with van der Waals surface area (Å²) in [5, 5.41) is 11.2. The number of fused-ring (bicyclic) bond motifs is 1. The first-order valence-corrected chi connectivity index (χ1v) is 9.59. The number of phenols is 1. The van der Waals surface area contributed by atoms with Gasteiger partial charge >= 0.3 is 0 Å². The van der Waals surface area contributed by atoms with Crippen LogP contribution in [0.4, 0.5) is 0 Å². The van der Waals surface area contributed by atoms with E-state index in [2.05, 4.69) is 11.8 Å². The fraction of sp³-hybridized carbons (Fsp3) is 0.286. The van der Waals surface area contributed by atoms with E-state index in [0.717, 1.165) is 19.4 Å². The van der Waals surface area contributed by atoms with Crippen molar-refractivity contribution in [3.63, 3.8) is 0 Å². The van der Waals surface area contributed by atoms with Crippen LogP contribution in [0.2, 0.25) is 10.0 Å². The average molecular weight is 406 g/mol. The van der Waals surface area contributed by atoms with Crippen LogP contribution in [0.3, 0.4) is 0 Å². The zero-order valence-electron chi connectivity index (χ0n) is 15.3. The van der Waals surface area contributed by atoms with Crippen LogP contribution in [0, 0.1) is 0 Å². The number of Topliss-reactive ketones (excluding diaryl/α,β-unsaturated/α-hetero) is 1. The standard InChI is InChI=1S/C21H21Cl2NO3/c1-3-4-10-24(2)12-15-18(25)9-8-13-20(26)19(27-21(13)15)11-14-16(22)6-5-7-17(14)23/h5-9,11,25H,3-4,10,12H2,1-2H3/b19-11-. The largest absolute Gasteiger partial charge is 0.507 e. The van der Waals surface area contributed by atoms with Crippen LogP contribution in [0.15, 0.2) is 36.1 Å². The Hall–Kier alpha value is -2.01. The van der Waals surface area contributed by atoms with Gasteiger partial charge in [0.25, 0.3) is 0 Å². The van der Waals surface area contributed by atoms with E-state index < -0.39 is 0 Å². The van der Waals surface area contributed by atoms with Crippen LogP contribution in [0.1, 0.15) is 41.3 Å². The molecular weight excluding hydrogens is 385 g/mol. The molecule has 3 rings (SSSR count). The van der Waals surface area contributed by atoms with Crippen molar-refractivity contribution in [3.8, 4) is 11.5 Å². The van der Waals surface area contributed by atoms with E-state index in [1.807, 2.05) is 7.05 Å². The zero-order chi connectivity index (χ0) is 19.6. The molecule has 1 heterocycles. The summed E-state index contributed by atoms with van der Waals surface area (Å²) in [6, 6.07) is 8.26. The van der Waals surface area contributed by atoms with Gasteiger partial charge < -0.3 is 14.7 Å². The molecule has 1 aliphatic heterocycles. The Morgan fingerprint density at radius 1 is 1.19 bits per heavy atom. The first kappa shape index (κ1) is 19.7. The van der Waals surface area contributed by atoms with Crippen LogP contribution in [0.25, 0.3) is 6.08 Å². The molecule has 0 atom stereocenters. The first-order chi connectivity index (χ1) is 12.9. The lowest BCUT2D eigenvalue weighted by Crippen LogP contribution is -2.19.